The fraction of sp³-hybridized carbons (Fsp3) is 0.0400. The van der Waals surface area contributed by atoms with E-state index in [4.69, 9.17) is 5.10 Å². The summed E-state index contributed by atoms with van der Waals surface area (Å²) in [5.74, 6) is 0. The van der Waals surface area contributed by atoms with Gasteiger partial charge < -0.3 is 0 Å². The third kappa shape index (κ3) is 2.97. The summed E-state index contributed by atoms with van der Waals surface area (Å²) in [4.78, 5) is 1.73. The summed E-state index contributed by atoms with van der Waals surface area (Å²) in [6.07, 6.45) is 4.28. The number of rotatable bonds is 3. The Bertz CT molecular complexity index is 1310. The van der Waals surface area contributed by atoms with Crippen LogP contribution in [0.5, 0.6) is 0 Å². The molecule has 0 aliphatic carbocycles. The van der Waals surface area contributed by atoms with Gasteiger partial charge in [-0.3, -0.25) is 0 Å². The van der Waals surface area contributed by atoms with Gasteiger partial charge in [-0.15, -0.1) is 10.2 Å². The molecule has 0 fully saturated rings. The topological polar surface area (TPSA) is 30.7 Å². The zero-order chi connectivity index (χ0) is 18.9. The average Bonchev–Trinajstić information content (AvgIpc) is 3.18. The Balaban J connectivity index is 1.52. The van der Waals surface area contributed by atoms with Crippen LogP contribution in [0.2, 0.25) is 0 Å². The van der Waals surface area contributed by atoms with Gasteiger partial charge in [0.1, 0.15) is 11.0 Å². The molecule has 1 aromatic heterocycles. The van der Waals surface area contributed by atoms with E-state index in [-0.39, 0.29) is 0 Å². The van der Waals surface area contributed by atoms with E-state index in [1.54, 1.807) is 4.80 Å². The van der Waals surface area contributed by atoms with Crippen LogP contribution < -0.4 is 0 Å². The molecule has 1 heterocycles. The highest BCUT2D eigenvalue weighted by molar-refractivity contribution is 6.03. The fourth-order valence-corrected chi connectivity index (χ4v) is 3.49. The number of hydrogen-bond donors (Lipinski definition) is 0. The highest BCUT2D eigenvalue weighted by Crippen LogP contribution is 2.24. The van der Waals surface area contributed by atoms with Crippen LogP contribution in [-0.4, -0.2) is 15.0 Å². The first-order valence-electron chi connectivity index (χ1n) is 9.37. The Labute approximate surface area is 163 Å². The molecule has 28 heavy (non-hydrogen) atoms. The van der Waals surface area contributed by atoms with Crippen molar-refractivity contribution in [1.29, 1.82) is 0 Å². The standard InChI is InChI=1S/C25H19N3/c1-18-17-22(15-13-20(18)12-11-19-7-3-2-4-8-19)28-26-24-16-14-21-9-5-6-10-23(21)25(24)27-28/h2-17H,1H3. The molecule has 0 unspecified atom stereocenters. The molecule has 0 bridgehead atoms. The number of fused-ring (bicyclic) bond motifs is 3. The first kappa shape index (κ1) is 16.5. The fourth-order valence-electron chi connectivity index (χ4n) is 3.49. The second-order valence-corrected chi connectivity index (χ2v) is 6.93. The van der Waals surface area contributed by atoms with Gasteiger partial charge in [-0.05, 0) is 47.2 Å². The highest BCUT2D eigenvalue weighted by atomic mass is 15.5. The van der Waals surface area contributed by atoms with Gasteiger partial charge in [0.15, 0.2) is 0 Å². The Kier molecular flexibility index (Phi) is 3.99. The maximum absolute atomic E-state index is 4.76. The summed E-state index contributed by atoms with van der Waals surface area (Å²) in [7, 11) is 0. The second-order valence-electron chi connectivity index (χ2n) is 6.93. The van der Waals surface area contributed by atoms with E-state index in [0.717, 1.165) is 22.1 Å². The average molecular weight is 361 g/mol. The molecule has 0 saturated heterocycles. The van der Waals surface area contributed by atoms with Crippen molar-refractivity contribution in [3.63, 3.8) is 0 Å². The van der Waals surface area contributed by atoms with Gasteiger partial charge in [-0.25, -0.2) is 0 Å². The summed E-state index contributed by atoms with van der Waals surface area (Å²) in [5.41, 5.74) is 6.38. The van der Waals surface area contributed by atoms with Crippen molar-refractivity contribution in [2.75, 3.05) is 0 Å². The molecule has 5 rings (SSSR count). The molecular weight excluding hydrogens is 342 g/mol. The predicted molar refractivity (Wildman–Crippen MR) is 116 cm³/mol. The van der Waals surface area contributed by atoms with Crippen LogP contribution in [0.25, 0.3) is 39.6 Å². The number of aromatic nitrogens is 3. The van der Waals surface area contributed by atoms with E-state index in [1.807, 2.05) is 36.4 Å². The third-order valence-corrected chi connectivity index (χ3v) is 5.02. The summed E-state index contributed by atoms with van der Waals surface area (Å²) in [6.45, 7) is 2.12. The van der Waals surface area contributed by atoms with Crippen molar-refractivity contribution in [3.05, 3.63) is 102 Å². The number of benzene rings is 4. The predicted octanol–water partition coefficient (Wildman–Crippen LogP) is 6.05. The minimum absolute atomic E-state index is 0.907. The van der Waals surface area contributed by atoms with E-state index < -0.39 is 0 Å². The van der Waals surface area contributed by atoms with Crippen molar-refractivity contribution in [2.24, 2.45) is 0 Å². The molecule has 0 atom stereocenters. The van der Waals surface area contributed by atoms with Gasteiger partial charge in [0.25, 0.3) is 0 Å². The molecule has 134 valence electrons. The van der Waals surface area contributed by atoms with Crippen LogP contribution in [0, 0.1) is 6.92 Å². The van der Waals surface area contributed by atoms with Crippen LogP contribution in [0.3, 0.4) is 0 Å². The monoisotopic (exact) mass is 361 g/mol. The largest absolute Gasteiger partial charge is 0.150 e. The molecule has 4 aromatic carbocycles. The molecule has 0 saturated carbocycles. The molecule has 0 aliphatic heterocycles. The summed E-state index contributed by atoms with van der Waals surface area (Å²) >= 11 is 0. The molecule has 0 aliphatic rings. The smallest absolute Gasteiger partial charge is 0.121 e. The number of aryl methyl sites for hydroxylation is 1. The van der Waals surface area contributed by atoms with E-state index in [9.17, 15) is 0 Å². The Morgan fingerprint density at radius 2 is 1.57 bits per heavy atom. The summed E-state index contributed by atoms with van der Waals surface area (Å²) in [5, 5.41) is 11.8. The molecule has 0 radical (unpaired) electrons. The molecule has 3 nitrogen and oxygen atoms in total. The lowest BCUT2D eigenvalue weighted by Crippen LogP contribution is -1.99. The van der Waals surface area contributed by atoms with Gasteiger partial charge in [-0.1, -0.05) is 78.9 Å². The first-order valence-corrected chi connectivity index (χ1v) is 9.37. The van der Waals surface area contributed by atoms with Crippen LogP contribution in [-0.2, 0) is 0 Å². The lowest BCUT2D eigenvalue weighted by atomic mass is 10.1. The van der Waals surface area contributed by atoms with E-state index in [1.165, 1.54) is 22.1 Å². The van der Waals surface area contributed by atoms with Gasteiger partial charge in [-0.2, -0.15) is 4.80 Å². The van der Waals surface area contributed by atoms with E-state index in [0.29, 0.717) is 0 Å². The summed E-state index contributed by atoms with van der Waals surface area (Å²) in [6, 6.07) is 29.1. The molecule has 3 heteroatoms. The molecule has 0 spiro atoms. The van der Waals surface area contributed by atoms with Crippen LogP contribution >= 0.6 is 0 Å². The number of hydrogen-bond acceptors (Lipinski definition) is 2. The first-order chi connectivity index (χ1) is 13.8. The van der Waals surface area contributed by atoms with Crippen molar-refractivity contribution in [1.82, 2.24) is 15.0 Å². The Morgan fingerprint density at radius 1 is 0.750 bits per heavy atom. The maximum Gasteiger partial charge on any atom is 0.121 e. The van der Waals surface area contributed by atoms with E-state index in [2.05, 4.69) is 72.7 Å². The maximum atomic E-state index is 4.76. The minimum atomic E-state index is 0.907. The summed E-state index contributed by atoms with van der Waals surface area (Å²) < 4.78 is 0. The van der Waals surface area contributed by atoms with Gasteiger partial charge in [0.05, 0.1) is 5.69 Å². The lowest BCUT2D eigenvalue weighted by Gasteiger charge is -2.04. The van der Waals surface area contributed by atoms with Crippen LogP contribution in [0.1, 0.15) is 16.7 Å². The van der Waals surface area contributed by atoms with Crippen molar-refractivity contribution < 1.29 is 0 Å². The van der Waals surface area contributed by atoms with Gasteiger partial charge in [0, 0.05) is 5.39 Å². The Hall–Kier alpha value is -3.72. The van der Waals surface area contributed by atoms with Crippen molar-refractivity contribution in [2.45, 2.75) is 6.92 Å². The third-order valence-electron chi connectivity index (χ3n) is 5.02. The van der Waals surface area contributed by atoms with Crippen molar-refractivity contribution >= 4 is 34.0 Å². The quantitative estimate of drug-likeness (QED) is 0.366. The Morgan fingerprint density at radius 3 is 2.43 bits per heavy atom. The highest BCUT2D eigenvalue weighted by Gasteiger charge is 2.09. The van der Waals surface area contributed by atoms with Gasteiger partial charge in [0.2, 0.25) is 0 Å². The van der Waals surface area contributed by atoms with Gasteiger partial charge >= 0.3 is 0 Å². The number of nitrogens with zero attached hydrogens (tertiary/aromatic N) is 3. The zero-order valence-electron chi connectivity index (χ0n) is 15.6. The molecule has 0 N–H and O–H groups in total. The molecular formula is C25H19N3. The van der Waals surface area contributed by atoms with E-state index >= 15 is 0 Å². The zero-order valence-corrected chi connectivity index (χ0v) is 15.6. The SMILES string of the molecule is Cc1cc(-n2nc3ccc4ccccc4c3n2)ccc1C=Cc1ccccc1. The van der Waals surface area contributed by atoms with Crippen molar-refractivity contribution in [3.8, 4) is 5.69 Å². The van der Waals surface area contributed by atoms with Crippen LogP contribution in [0.15, 0.2) is 84.9 Å². The normalized spacial score (nSPS) is 11.6. The second kappa shape index (κ2) is 6.78. The lowest BCUT2D eigenvalue weighted by molar-refractivity contribution is 0.765. The molecule has 0 amide bonds. The van der Waals surface area contributed by atoms with Crippen LogP contribution in [0.4, 0.5) is 0 Å². The minimum Gasteiger partial charge on any atom is -0.150 e. The molecule has 5 aromatic rings.